The van der Waals surface area contributed by atoms with Gasteiger partial charge in [0.15, 0.2) is 5.13 Å². The Bertz CT molecular complexity index is 1460. The van der Waals surface area contributed by atoms with Crippen molar-refractivity contribution in [2.24, 2.45) is 0 Å². The average molecular weight is 619 g/mol. The van der Waals surface area contributed by atoms with E-state index in [1.807, 2.05) is 37.3 Å². The number of thiazole rings is 1. The molecule has 0 radical (unpaired) electrons. The molecule has 220 valence electrons. The van der Waals surface area contributed by atoms with Gasteiger partial charge in [-0.15, -0.1) is 12.4 Å². The predicted octanol–water partition coefficient (Wildman–Crippen LogP) is 4.92. The minimum Gasteiger partial charge on any atom is -0.492 e. The summed E-state index contributed by atoms with van der Waals surface area (Å²) in [6, 6.07) is 15.3. The van der Waals surface area contributed by atoms with Crippen molar-refractivity contribution in [3.63, 3.8) is 0 Å². The van der Waals surface area contributed by atoms with Crippen molar-refractivity contribution >= 4 is 55.0 Å². The molecule has 0 bridgehead atoms. The minimum atomic E-state index is -3.94. The summed E-state index contributed by atoms with van der Waals surface area (Å²) < 4.78 is 34.2. The standard InChI is InChI=1S/C28H34N6O4S2.ClH/c1-4-32(5-2)20-21-34(28-31-26-24(38-6-3)10-7-11-25(26)39-28)27(35)22-12-14-23(15-13-22)40(36,37)33(18-8-16-29)19-9-17-30;/h7,10-15H,4-6,8-9,18-21H2,1-3H3;1H. The molecule has 3 rings (SSSR count). The Morgan fingerprint density at radius 3 is 2.15 bits per heavy atom. The molecule has 1 aromatic heterocycles. The molecule has 41 heavy (non-hydrogen) atoms. The normalized spacial score (nSPS) is 11.2. The highest BCUT2D eigenvalue weighted by molar-refractivity contribution is 7.89. The Morgan fingerprint density at radius 1 is 0.951 bits per heavy atom. The fraction of sp³-hybridized carbons (Fsp3) is 0.429. The summed E-state index contributed by atoms with van der Waals surface area (Å²) in [5, 5.41) is 18.4. The van der Waals surface area contributed by atoms with Crippen LogP contribution in [0.25, 0.3) is 10.2 Å². The predicted molar refractivity (Wildman–Crippen MR) is 163 cm³/mol. The number of fused-ring (bicyclic) bond motifs is 1. The number of sulfonamides is 1. The Balaban J connectivity index is 0.00000588. The van der Waals surface area contributed by atoms with Crippen molar-refractivity contribution in [3.8, 4) is 17.9 Å². The summed E-state index contributed by atoms with van der Waals surface area (Å²) >= 11 is 1.40. The van der Waals surface area contributed by atoms with Crippen LogP contribution in [0.5, 0.6) is 5.75 Å². The second-order valence-electron chi connectivity index (χ2n) is 8.76. The Kier molecular flexibility index (Phi) is 13.5. The monoisotopic (exact) mass is 618 g/mol. The molecule has 3 aromatic rings. The van der Waals surface area contributed by atoms with Gasteiger partial charge in [-0.3, -0.25) is 9.69 Å². The molecule has 0 fully saturated rings. The maximum atomic E-state index is 13.8. The molecule has 2 aromatic carbocycles. The zero-order valence-corrected chi connectivity index (χ0v) is 25.9. The molecule has 1 heterocycles. The first-order chi connectivity index (χ1) is 19.3. The van der Waals surface area contributed by atoms with Gasteiger partial charge in [0, 0.05) is 44.6 Å². The molecule has 10 nitrogen and oxygen atoms in total. The molecule has 1 amide bonds. The smallest absolute Gasteiger partial charge is 0.260 e. The Hall–Kier alpha value is -3.26. The molecule has 0 unspecified atom stereocenters. The van der Waals surface area contributed by atoms with Gasteiger partial charge in [-0.05, 0) is 56.4 Å². The zero-order chi connectivity index (χ0) is 29.1. The van der Waals surface area contributed by atoms with Gasteiger partial charge in [-0.25, -0.2) is 13.4 Å². The molecule has 0 aliphatic carbocycles. The maximum Gasteiger partial charge on any atom is 0.260 e. The first-order valence-corrected chi connectivity index (χ1v) is 15.5. The van der Waals surface area contributed by atoms with Crippen LogP contribution in [-0.2, 0) is 10.0 Å². The number of ether oxygens (including phenoxy) is 1. The van der Waals surface area contributed by atoms with Gasteiger partial charge in [0.2, 0.25) is 10.0 Å². The molecule has 0 saturated carbocycles. The van der Waals surface area contributed by atoms with E-state index >= 15 is 0 Å². The van der Waals surface area contributed by atoms with Gasteiger partial charge in [0.25, 0.3) is 5.91 Å². The molecular formula is C28H35ClN6O4S2. The number of aromatic nitrogens is 1. The number of carbonyl (C=O) groups is 1. The van der Waals surface area contributed by atoms with E-state index in [0.29, 0.717) is 41.7 Å². The largest absolute Gasteiger partial charge is 0.492 e. The van der Waals surface area contributed by atoms with Crippen LogP contribution in [0.1, 0.15) is 44.0 Å². The molecule has 0 saturated heterocycles. The number of amides is 1. The van der Waals surface area contributed by atoms with E-state index in [4.69, 9.17) is 20.2 Å². The minimum absolute atomic E-state index is 0. The van der Waals surface area contributed by atoms with Crippen LogP contribution in [0.3, 0.4) is 0 Å². The van der Waals surface area contributed by atoms with E-state index in [1.54, 1.807) is 4.90 Å². The summed E-state index contributed by atoms with van der Waals surface area (Å²) in [5.74, 6) is 0.365. The number of halogens is 1. The quantitative estimate of drug-likeness (QED) is 0.234. The van der Waals surface area contributed by atoms with Gasteiger partial charge in [-0.1, -0.05) is 31.3 Å². The van der Waals surface area contributed by atoms with Crippen LogP contribution < -0.4 is 9.64 Å². The number of hydrogen-bond acceptors (Lipinski definition) is 9. The summed E-state index contributed by atoms with van der Waals surface area (Å²) in [7, 11) is -3.94. The molecule has 0 atom stereocenters. The molecule has 13 heteroatoms. The second kappa shape index (κ2) is 16.2. The lowest BCUT2D eigenvalue weighted by Gasteiger charge is -2.25. The third kappa shape index (κ3) is 8.38. The molecule has 0 spiro atoms. The Morgan fingerprint density at radius 2 is 1.59 bits per heavy atom. The topological polar surface area (TPSA) is 131 Å². The van der Waals surface area contributed by atoms with Gasteiger partial charge >= 0.3 is 0 Å². The third-order valence-corrected chi connectivity index (χ3v) is 9.32. The van der Waals surface area contributed by atoms with Crippen molar-refractivity contribution in [1.82, 2.24) is 14.2 Å². The lowest BCUT2D eigenvalue weighted by atomic mass is 10.2. The number of carbonyl (C=O) groups excluding carboxylic acids is 1. The number of likely N-dealkylation sites (N-methyl/N-ethyl adjacent to an activating group) is 1. The van der Waals surface area contributed by atoms with E-state index in [0.717, 1.165) is 22.1 Å². The average Bonchev–Trinajstić information content (AvgIpc) is 3.40. The van der Waals surface area contributed by atoms with E-state index in [1.165, 1.54) is 35.6 Å². The highest BCUT2D eigenvalue weighted by Crippen LogP contribution is 2.35. The van der Waals surface area contributed by atoms with Gasteiger partial charge in [0.05, 0.1) is 28.3 Å². The van der Waals surface area contributed by atoms with Gasteiger partial charge < -0.3 is 9.64 Å². The highest BCUT2D eigenvalue weighted by atomic mass is 35.5. The summed E-state index contributed by atoms with van der Waals surface area (Å²) in [4.78, 5) is 22.4. The lowest BCUT2D eigenvalue weighted by molar-refractivity contribution is 0.0983. The van der Waals surface area contributed by atoms with Crippen molar-refractivity contribution in [1.29, 1.82) is 10.5 Å². The molecule has 0 aliphatic rings. The van der Waals surface area contributed by atoms with Crippen LogP contribution in [0, 0.1) is 22.7 Å². The SMILES string of the molecule is CCOc1cccc2sc(N(CCN(CC)CC)C(=O)c3ccc(S(=O)(=O)N(CCC#N)CCC#N)cc3)nc12.Cl. The van der Waals surface area contributed by atoms with Crippen LogP contribution in [0.2, 0.25) is 0 Å². The highest BCUT2D eigenvalue weighted by Gasteiger charge is 2.26. The number of rotatable bonds is 15. The van der Waals surface area contributed by atoms with Gasteiger partial charge in [-0.2, -0.15) is 14.8 Å². The van der Waals surface area contributed by atoms with Crippen molar-refractivity contribution in [2.45, 2.75) is 38.5 Å². The summed E-state index contributed by atoms with van der Waals surface area (Å²) in [6.07, 6.45) is 0.0196. The molecule has 0 N–H and O–H groups in total. The number of hydrogen-bond donors (Lipinski definition) is 0. The number of benzene rings is 2. The van der Waals surface area contributed by atoms with E-state index in [9.17, 15) is 13.2 Å². The van der Waals surface area contributed by atoms with Crippen molar-refractivity contribution in [3.05, 3.63) is 48.0 Å². The maximum absolute atomic E-state index is 13.8. The number of nitriles is 2. The first kappa shape index (κ1) is 33.9. The summed E-state index contributed by atoms with van der Waals surface area (Å²) in [5.41, 5.74) is 1.02. The summed E-state index contributed by atoms with van der Waals surface area (Å²) in [6.45, 7) is 9.24. The second-order valence-corrected chi connectivity index (χ2v) is 11.7. The molecular weight excluding hydrogens is 584 g/mol. The van der Waals surface area contributed by atoms with Crippen molar-refractivity contribution < 1.29 is 17.9 Å². The lowest BCUT2D eigenvalue weighted by Crippen LogP contribution is -2.39. The first-order valence-electron chi connectivity index (χ1n) is 13.2. The Labute approximate surface area is 252 Å². The van der Waals surface area contributed by atoms with Crippen LogP contribution >= 0.6 is 23.7 Å². The van der Waals surface area contributed by atoms with E-state index in [-0.39, 0.29) is 49.1 Å². The number of para-hydroxylation sites is 1. The third-order valence-electron chi connectivity index (χ3n) is 6.37. The van der Waals surface area contributed by atoms with Crippen LogP contribution in [0.4, 0.5) is 5.13 Å². The fourth-order valence-corrected chi connectivity index (χ4v) is 6.59. The fourth-order valence-electron chi connectivity index (χ4n) is 4.14. The van der Waals surface area contributed by atoms with E-state index in [2.05, 4.69) is 18.7 Å². The van der Waals surface area contributed by atoms with Crippen LogP contribution in [0.15, 0.2) is 47.4 Å². The van der Waals surface area contributed by atoms with Gasteiger partial charge in [0.1, 0.15) is 11.3 Å². The number of anilines is 1. The zero-order valence-electron chi connectivity index (χ0n) is 23.4. The van der Waals surface area contributed by atoms with Crippen molar-refractivity contribution in [2.75, 3.05) is 50.8 Å². The molecule has 0 aliphatic heterocycles. The number of nitrogens with zero attached hydrogens (tertiary/aromatic N) is 6. The van der Waals surface area contributed by atoms with E-state index < -0.39 is 10.0 Å². The van der Waals surface area contributed by atoms with Crippen LogP contribution in [-0.4, -0.2) is 74.4 Å².